The number of morpholine rings is 1. The molecule has 2 aliphatic heterocycles. The normalized spacial score (nSPS) is 26.7. The van der Waals surface area contributed by atoms with E-state index in [-0.39, 0.29) is 19.0 Å². The fraction of sp³-hybridized carbons (Fsp3) is 0.750. The number of hydrogen-bond donors (Lipinski definition) is 2. The van der Waals surface area contributed by atoms with Gasteiger partial charge in [0.15, 0.2) is 6.10 Å². The molecule has 112 valence electrons. The molecule has 0 radical (unpaired) electrons. The van der Waals surface area contributed by atoms with Crippen LogP contribution in [0.1, 0.15) is 13.8 Å². The van der Waals surface area contributed by atoms with Crippen molar-refractivity contribution in [3.8, 4) is 0 Å². The number of amides is 3. The van der Waals surface area contributed by atoms with Crippen LogP contribution in [0.5, 0.6) is 0 Å². The van der Waals surface area contributed by atoms with Gasteiger partial charge in [-0.1, -0.05) is 0 Å². The number of carboxylic acids is 1. The SMILES string of the molecule is CC1(C)NC(=O)N(CCN2CCOC(C(=O)O)C2)C1=O. The zero-order valence-electron chi connectivity index (χ0n) is 11.6. The average molecular weight is 285 g/mol. The van der Waals surface area contributed by atoms with Gasteiger partial charge in [-0.15, -0.1) is 0 Å². The third kappa shape index (κ3) is 2.91. The molecule has 8 nitrogen and oxygen atoms in total. The van der Waals surface area contributed by atoms with Gasteiger partial charge in [0.25, 0.3) is 5.91 Å². The molecule has 20 heavy (non-hydrogen) atoms. The lowest BCUT2D eigenvalue weighted by molar-refractivity contribution is -0.156. The molecule has 0 aromatic rings. The summed E-state index contributed by atoms with van der Waals surface area (Å²) >= 11 is 0. The van der Waals surface area contributed by atoms with Gasteiger partial charge in [-0.3, -0.25) is 14.6 Å². The zero-order chi connectivity index (χ0) is 14.9. The Morgan fingerprint density at radius 1 is 1.45 bits per heavy atom. The first-order chi connectivity index (χ1) is 9.31. The largest absolute Gasteiger partial charge is 0.479 e. The Bertz CT molecular complexity index is 437. The van der Waals surface area contributed by atoms with E-state index in [0.717, 1.165) is 0 Å². The lowest BCUT2D eigenvalue weighted by Gasteiger charge is -2.31. The van der Waals surface area contributed by atoms with Crippen molar-refractivity contribution >= 4 is 17.9 Å². The number of carbonyl (C=O) groups excluding carboxylic acids is 2. The molecule has 0 spiro atoms. The standard InChI is InChI=1S/C12H19N3O5/c1-12(2)10(18)15(11(19)13-12)4-3-14-5-6-20-8(7-14)9(16)17/h8H,3-7H2,1-2H3,(H,13,19)(H,16,17). The maximum absolute atomic E-state index is 12.0. The minimum atomic E-state index is -0.995. The van der Waals surface area contributed by atoms with Gasteiger partial charge in [-0.05, 0) is 13.8 Å². The van der Waals surface area contributed by atoms with E-state index in [1.165, 1.54) is 4.90 Å². The molecule has 2 fully saturated rings. The first kappa shape index (κ1) is 14.7. The molecule has 0 aromatic carbocycles. The molecule has 2 saturated heterocycles. The smallest absolute Gasteiger partial charge is 0.334 e. The van der Waals surface area contributed by atoms with E-state index in [0.29, 0.717) is 19.7 Å². The molecule has 8 heteroatoms. The molecule has 1 atom stereocenters. The Hall–Kier alpha value is -1.67. The topological polar surface area (TPSA) is 99.2 Å². The highest BCUT2D eigenvalue weighted by atomic mass is 16.5. The van der Waals surface area contributed by atoms with Gasteiger partial charge in [0.2, 0.25) is 0 Å². The maximum Gasteiger partial charge on any atom is 0.334 e. The summed E-state index contributed by atoms with van der Waals surface area (Å²) in [6, 6.07) is -0.400. The molecule has 1 unspecified atom stereocenters. The summed E-state index contributed by atoms with van der Waals surface area (Å²) < 4.78 is 5.12. The van der Waals surface area contributed by atoms with E-state index in [1.807, 2.05) is 4.90 Å². The summed E-state index contributed by atoms with van der Waals surface area (Å²) in [4.78, 5) is 37.6. The highest BCUT2D eigenvalue weighted by Crippen LogP contribution is 2.16. The molecular weight excluding hydrogens is 266 g/mol. The third-order valence-electron chi connectivity index (χ3n) is 3.51. The monoisotopic (exact) mass is 285 g/mol. The van der Waals surface area contributed by atoms with E-state index in [4.69, 9.17) is 9.84 Å². The lowest BCUT2D eigenvalue weighted by Crippen LogP contribution is -2.49. The number of urea groups is 1. The van der Waals surface area contributed by atoms with E-state index in [2.05, 4.69) is 5.32 Å². The van der Waals surface area contributed by atoms with Crippen LogP contribution in [0.4, 0.5) is 4.79 Å². The minimum Gasteiger partial charge on any atom is -0.479 e. The van der Waals surface area contributed by atoms with Crippen molar-refractivity contribution in [2.45, 2.75) is 25.5 Å². The van der Waals surface area contributed by atoms with E-state index in [9.17, 15) is 14.4 Å². The van der Waals surface area contributed by atoms with Gasteiger partial charge in [0.05, 0.1) is 6.61 Å². The summed E-state index contributed by atoms with van der Waals surface area (Å²) in [7, 11) is 0. The fourth-order valence-electron chi connectivity index (χ4n) is 2.32. The summed E-state index contributed by atoms with van der Waals surface area (Å²) in [6.07, 6.45) is -0.844. The molecule has 0 aliphatic carbocycles. The summed E-state index contributed by atoms with van der Waals surface area (Å²) in [6.45, 7) is 5.20. The van der Waals surface area contributed by atoms with Crippen molar-refractivity contribution in [2.24, 2.45) is 0 Å². The number of nitrogens with one attached hydrogen (secondary N) is 1. The van der Waals surface area contributed by atoms with Crippen molar-refractivity contribution in [3.63, 3.8) is 0 Å². The number of carbonyl (C=O) groups is 3. The molecule has 0 aromatic heterocycles. The quantitative estimate of drug-likeness (QED) is 0.650. The summed E-state index contributed by atoms with van der Waals surface area (Å²) in [5, 5.41) is 11.5. The molecule has 3 amide bonds. The van der Waals surface area contributed by atoms with Gasteiger partial charge in [0.1, 0.15) is 5.54 Å². The van der Waals surface area contributed by atoms with Crippen LogP contribution in [-0.2, 0) is 14.3 Å². The highest BCUT2D eigenvalue weighted by Gasteiger charge is 2.44. The average Bonchev–Trinajstić information content (AvgIpc) is 2.57. The Balaban J connectivity index is 1.88. The second-order valence-corrected chi connectivity index (χ2v) is 5.51. The van der Waals surface area contributed by atoms with Gasteiger partial charge >= 0.3 is 12.0 Å². The number of nitrogens with zero attached hydrogens (tertiary/aromatic N) is 2. The fourth-order valence-corrected chi connectivity index (χ4v) is 2.32. The molecular formula is C12H19N3O5. The zero-order valence-corrected chi connectivity index (χ0v) is 11.6. The van der Waals surface area contributed by atoms with E-state index < -0.39 is 23.6 Å². The first-order valence-electron chi connectivity index (χ1n) is 6.52. The third-order valence-corrected chi connectivity index (χ3v) is 3.51. The second-order valence-electron chi connectivity index (χ2n) is 5.51. The van der Waals surface area contributed by atoms with Crippen LogP contribution in [0.15, 0.2) is 0 Å². The van der Waals surface area contributed by atoms with Crippen LogP contribution in [0.25, 0.3) is 0 Å². The van der Waals surface area contributed by atoms with Crippen LogP contribution in [0.2, 0.25) is 0 Å². The number of rotatable bonds is 4. The van der Waals surface area contributed by atoms with E-state index >= 15 is 0 Å². The number of hydrogen-bond acceptors (Lipinski definition) is 5. The number of ether oxygens (including phenoxy) is 1. The molecule has 2 heterocycles. The van der Waals surface area contributed by atoms with Crippen LogP contribution >= 0.6 is 0 Å². The van der Waals surface area contributed by atoms with Gasteiger partial charge in [0, 0.05) is 26.2 Å². The van der Waals surface area contributed by atoms with Crippen molar-refractivity contribution < 1.29 is 24.2 Å². The Kier molecular flexibility index (Phi) is 3.96. The Morgan fingerprint density at radius 2 is 2.15 bits per heavy atom. The first-order valence-corrected chi connectivity index (χ1v) is 6.52. The van der Waals surface area contributed by atoms with E-state index in [1.54, 1.807) is 13.8 Å². The van der Waals surface area contributed by atoms with Crippen molar-refractivity contribution in [2.75, 3.05) is 32.8 Å². The van der Waals surface area contributed by atoms with Crippen LogP contribution in [0.3, 0.4) is 0 Å². The number of carboxylic acid groups (broad SMARTS) is 1. The summed E-state index contributed by atoms with van der Waals surface area (Å²) in [5.41, 5.74) is -0.869. The molecule has 0 bridgehead atoms. The minimum absolute atomic E-state index is 0.250. The summed E-state index contributed by atoms with van der Waals surface area (Å²) in [5.74, 6) is -1.25. The molecule has 0 saturated carbocycles. The number of aliphatic carboxylic acids is 1. The molecule has 2 aliphatic rings. The van der Waals surface area contributed by atoms with Crippen LogP contribution in [0, 0.1) is 0 Å². The van der Waals surface area contributed by atoms with Gasteiger partial charge in [-0.25, -0.2) is 9.59 Å². The highest BCUT2D eigenvalue weighted by molar-refractivity contribution is 6.06. The van der Waals surface area contributed by atoms with Crippen LogP contribution in [-0.4, -0.2) is 77.2 Å². The number of imide groups is 1. The molecule has 2 rings (SSSR count). The predicted octanol–water partition coefficient (Wildman–Crippen LogP) is -0.898. The van der Waals surface area contributed by atoms with Crippen molar-refractivity contribution in [1.29, 1.82) is 0 Å². The lowest BCUT2D eigenvalue weighted by atomic mass is 10.1. The Labute approximate surface area is 116 Å². The van der Waals surface area contributed by atoms with Crippen molar-refractivity contribution in [3.05, 3.63) is 0 Å². The van der Waals surface area contributed by atoms with Gasteiger partial charge in [-0.2, -0.15) is 0 Å². The second kappa shape index (κ2) is 5.37. The van der Waals surface area contributed by atoms with Crippen molar-refractivity contribution in [1.82, 2.24) is 15.1 Å². The van der Waals surface area contributed by atoms with Crippen LogP contribution < -0.4 is 5.32 Å². The van der Waals surface area contributed by atoms with Gasteiger partial charge < -0.3 is 15.2 Å². The predicted molar refractivity (Wildman–Crippen MR) is 68.1 cm³/mol. The molecule has 2 N–H and O–H groups in total. The maximum atomic E-state index is 12.0. The Morgan fingerprint density at radius 3 is 2.70 bits per heavy atom.